The Morgan fingerprint density at radius 3 is 2.83 bits per heavy atom. The number of ether oxygens (including phenoxy) is 1. The molecule has 1 amide bonds. The van der Waals surface area contributed by atoms with E-state index in [0.717, 1.165) is 18.5 Å². The average molecular weight is 335 g/mol. The van der Waals surface area contributed by atoms with Crippen molar-refractivity contribution >= 4 is 17.1 Å². The van der Waals surface area contributed by atoms with Gasteiger partial charge in [-0.1, -0.05) is 0 Å². The largest absolute Gasteiger partial charge is 0.444 e. The summed E-state index contributed by atoms with van der Waals surface area (Å²) in [5.74, 6) is 0. The fourth-order valence-corrected chi connectivity index (χ4v) is 2.27. The van der Waals surface area contributed by atoms with Crippen LogP contribution >= 0.6 is 0 Å². The van der Waals surface area contributed by atoms with E-state index in [1.165, 1.54) is 6.33 Å². The van der Waals surface area contributed by atoms with Crippen LogP contribution < -0.4 is 10.9 Å². The van der Waals surface area contributed by atoms with Crippen molar-refractivity contribution in [2.24, 2.45) is 0 Å². The average Bonchev–Trinajstić information content (AvgIpc) is 2.89. The van der Waals surface area contributed by atoms with Crippen LogP contribution in [0.4, 0.5) is 4.79 Å². The molecule has 0 spiro atoms. The van der Waals surface area contributed by atoms with E-state index in [1.807, 2.05) is 20.8 Å². The van der Waals surface area contributed by atoms with Crippen LogP contribution in [0.15, 0.2) is 17.3 Å². The minimum Gasteiger partial charge on any atom is -0.444 e. The Bertz CT molecular complexity index is 744. The van der Waals surface area contributed by atoms with E-state index < -0.39 is 5.60 Å². The zero-order valence-electron chi connectivity index (χ0n) is 14.6. The van der Waals surface area contributed by atoms with Gasteiger partial charge in [0, 0.05) is 26.3 Å². The molecule has 0 aliphatic heterocycles. The second kappa shape index (κ2) is 7.48. The maximum Gasteiger partial charge on any atom is 0.410 e. The lowest BCUT2D eigenvalue weighted by Crippen LogP contribution is -2.35. The van der Waals surface area contributed by atoms with Crippen molar-refractivity contribution in [1.82, 2.24) is 25.2 Å². The third kappa shape index (κ3) is 4.82. The van der Waals surface area contributed by atoms with E-state index in [0.29, 0.717) is 24.1 Å². The molecule has 2 rings (SSSR count). The van der Waals surface area contributed by atoms with Crippen molar-refractivity contribution in [3.63, 3.8) is 0 Å². The molecule has 0 saturated heterocycles. The van der Waals surface area contributed by atoms with E-state index in [1.54, 1.807) is 18.1 Å². The third-order valence-electron chi connectivity index (χ3n) is 3.43. The maximum absolute atomic E-state index is 11.8. The molecule has 2 aromatic rings. The number of rotatable bonds is 6. The summed E-state index contributed by atoms with van der Waals surface area (Å²) in [5, 5.41) is 3.85. The van der Waals surface area contributed by atoms with Gasteiger partial charge in [0.15, 0.2) is 0 Å². The lowest BCUT2D eigenvalue weighted by atomic mass is 10.2. The second-order valence-electron chi connectivity index (χ2n) is 6.70. The number of nitrogens with one attached hydrogen (secondary N) is 3. The van der Waals surface area contributed by atoms with E-state index >= 15 is 0 Å². The molecular formula is C16H25N5O3. The highest BCUT2D eigenvalue weighted by molar-refractivity contribution is 5.78. The van der Waals surface area contributed by atoms with Crippen LogP contribution in [0.5, 0.6) is 0 Å². The highest BCUT2D eigenvalue weighted by Gasteiger charge is 2.19. The molecular weight excluding hydrogens is 310 g/mol. The quantitative estimate of drug-likeness (QED) is 0.696. The van der Waals surface area contributed by atoms with Crippen molar-refractivity contribution in [3.8, 4) is 0 Å². The summed E-state index contributed by atoms with van der Waals surface area (Å²) in [6.45, 7) is 7.41. The van der Waals surface area contributed by atoms with Crippen LogP contribution in [-0.2, 0) is 11.3 Å². The summed E-state index contributed by atoms with van der Waals surface area (Å²) in [4.78, 5) is 34.9. The number of hydrogen-bond acceptors (Lipinski definition) is 5. The molecule has 0 radical (unpaired) electrons. The number of hydrogen-bond donors (Lipinski definition) is 3. The molecule has 0 fully saturated rings. The zero-order chi connectivity index (χ0) is 17.7. The van der Waals surface area contributed by atoms with Gasteiger partial charge in [-0.05, 0) is 39.3 Å². The highest BCUT2D eigenvalue weighted by Crippen LogP contribution is 2.11. The number of H-pyrrole nitrogens is 2. The molecule has 2 heterocycles. The van der Waals surface area contributed by atoms with Crippen molar-refractivity contribution in [1.29, 1.82) is 0 Å². The number of aromatic amines is 2. The van der Waals surface area contributed by atoms with Crippen LogP contribution in [0.2, 0.25) is 0 Å². The molecule has 3 N–H and O–H groups in total. The van der Waals surface area contributed by atoms with Gasteiger partial charge in [0.25, 0.3) is 5.56 Å². The lowest BCUT2D eigenvalue weighted by Gasteiger charge is -2.24. The maximum atomic E-state index is 11.8. The highest BCUT2D eigenvalue weighted by atomic mass is 16.6. The summed E-state index contributed by atoms with van der Waals surface area (Å²) in [7, 11) is 1.72. The summed E-state index contributed by atoms with van der Waals surface area (Å²) in [5.41, 5.74) is 0.822. The van der Waals surface area contributed by atoms with Crippen LogP contribution in [-0.4, -0.2) is 51.7 Å². The summed E-state index contributed by atoms with van der Waals surface area (Å²) in [6.07, 6.45) is 3.63. The first kappa shape index (κ1) is 18.0. The van der Waals surface area contributed by atoms with Gasteiger partial charge in [0.05, 0.1) is 11.7 Å². The van der Waals surface area contributed by atoms with Gasteiger partial charge in [-0.2, -0.15) is 0 Å². The van der Waals surface area contributed by atoms with Crippen molar-refractivity contribution in [2.75, 3.05) is 20.1 Å². The minimum atomic E-state index is -0.486. The molecule has 8 heteroatoms. The predicted octanol–water partition coefficient (Wildman–Crippen LogP) is 1.60. The van der Waals surface area contributed by atoms with Crippen molar-refractivity contribution in [2.45, 2.75) is 39.3 Å². The zero-order valence-corrected chi connectivity index (χ0v) is 14.6. The molecule has 0 aliphatic rings. The molecule has 0 aliphatic carbocycles. The van der Waals surface area contributed by atoms with Gasteiger partial charge in [-0.25, -0.2) is 9.78 Å². The smallest absolute Gasteiger partial charge is 0.410 e. The SMILES string of the molecule is CN(CCCNCc1c[nH]c2nc[nH]c(=O)c12)C(=O)OC(C)(C)C. The van der Waals surface area contributed by atoms with E-state index in [2.05, 4.69) is 20.3 Å². The molecule has 132 valence electrons. The lowest BCUT2D eigenvalue weighted by molar-refractivity contribution is 0.0297. The summed E-state index contributed by atoms with van der Waals surface area (Å²) in [6, 6.07) is 0. The normalized spacial score (nSPS) is 11.7. The number of nitrogens with zero attached hydrogens (tertiary/aromatic N) is 2. The number of amides is 1. The molecule has 24 heavy (non-hydrogen) atoms. The van der Waals surface area contributed by atoms with Crippen molar-refractivity contribution < 1.29 is 9.53 Å². The number of aromatic nitrogens is 3. The van der Waals surface area contributed by atoms with Crippen LogP contribution in [0.25, 0.3) is 11.0 Å². The number of carbonyl (C=O) groups is 1. The Kier molecular flexibility index (Phi) is 5.61. The van der Waals surface area contributed by atoms with Gasteiger partial charge >= 0.3 is 6.09 Å². The first-order chi connectivity index (χ1) is 11.3. The van der Waals surface area contributed by atoms with Crippen molar-refractivity contribution in [3.05, 3.63) is 28.4 Å². The van der Waals surface area contributed by atoms with Gasteiger partial charge in [0.1, 0.15) is 11.2 Å². The van der Waals surface area contributed by atoms with E-state index in [-0.39, 0.29) is 11.7 Å². The van der Waals surface area contributed by atoms with Gasteiger partial charge in [-0.3, -0.25) is 4.79 Å². The van der Waals surface area contributed by atoms with Gasteiger partial charge in [-0.15, -0.1) is 0 Å². The molecule has 2 aromatic heterocycles. The fraction of sp³-hybridized carbons (Fsp3) is 0.562. The Morgan fingerprint density at radius 1 is 1.38 bits per heavy atom. The fourth-order valence-electron chi connectivity index (χ4n) is 2.27. The third-order valence-corrected chi connectivity index (χ3v) is 3.43. The van der Waals surface area contributed by atoms with E-state index in [4.69, 9.17) is 4.74 Å². The first-order valence-corrected chi connectivity index (χ1v) is 7.96. The van der Waals surface area contributed by atoms with E-state index in [9.17, 15) is 9.59 Å². The standard InChI is InChI=1S/C16H25N5O3/c1-16(2,3)24-15(23)21(4)7-5-6-17-8-11-9-18-13-12(11)14(22)20-10-19-13/h9-10,17H,5-8H2,1-4H3,(H2,18,19,20,22). The molecule has 8 nitrogen and oxygen atoms in total. The summed E-state index contributed by atoms with van der Waals surface area (Å²) >= 11 is 0. The molecule has 0 aromatic carbocycles. The molecule has 0 atom stereocenters. The number of carbonyl (C=O) groups excluding carboxylic acids is 1. The monoisotopic (exact) mass is 335 g/mol. The topological polar surface area (TPSA) is 103 Å². The first-order valence-electron chi connectivity index (χ1n) is 7.96. The van der Waals surface area contributed by atoms with Crippen LogP contribution in [0.1, 0.15) is 32.8 Å². The minimum absolute atomic E-state index is 0.150. The Hall–Kier alpha value is -2.35. The molecule has 0 bridgehead atoms. The van der Waals surface area contributed by atoms with Gasteiger partial charge < -0.3 is 24.9 Å². The predicted molar refractivity (Wildman–Crippen MR) is 91.9 cm³/mol. The van der Waals surface area contributed by atoms with Crippen LogP contribution in [0.3, 0.4) is 0 Å². The second-order valence-corrected chi connectivity index (χ2v) is 6.70. The Labute approximate surface area is 140 Å². The molecule has 0 saturated carbocycles. The van der Waals surface area contributed by atoms with Gasteiger partial charge in [0.2, 0.25) is 0 Å². The summed E-state index contributed by atoms with van der Waals surface area (Å²) < 4.78 is 5.29. The Morgan fingerprint density at radius 2 is 2.12 bits per heavy atom. The Balaban J connectivity index is 1.75. The van der Waals surface area contributed by atoms with Crippen LogP contribution in [0, 0.1) is 0 Å². The number of fused-ring (bicyclic) bond motifs is 1. The molecule has 0 unspecified atom stereocenters.